The van der Waals surface area contributed by atoms with Crippen LogP contribution in [0.25, 0.3) is 44.2 Å². The molecule has 3 aromatic heterocycles. The molecule has 0 amide bonds. The lowest BCUT2D eigenvalue weighted by molar-refractivity contribution is 0.233. The molecule has 4 bridgehead atoms. The number of hydrogen-bond acceptors (Lipinski definition) is 5. The van der Waals surface area contributed by atoms with E-state index in [1.807, 2.05) is 31.4 Å². The summed E-state index contributed by atoms with van der Waals surface area (Å²) < 4.78 is 13.7. The summed E-state index contributed by atoms with van der Waals surface area (Å²) in [5.74, 6) is 1.34. The van der Waals surface area contributed by atoms with Gasteiger partial charge in [-0.1, -0.05) is 12.1 Å². The maximum Gasteiger partial charge on any atom is 0.240 e. The van der Waals surface area contributed by atoms with E-state index in [2.05, 4.69) is 43.7 Å². The largest absolute Gasteiger partial charge is 0.477 e. The molecule has 1 aliphatic rings. The van der Waals surface area contributed by atoms with E-state index in [0.29, 0.717) is 19.1 Å². The predicted molar refractivity (Wildman–Crippen MR) is 109 cm³/mol. The Hall–Kier alpha value is -3.81. The molecule has 5 aromatic rings. The fourth-order valence-corrected chi connectivity index (χ4v) is 3.84. The number of rotatable bonds is 0. The topological polar surface area (TPSA) is 93.6 Å². The van der Waals surface area contributed by atoms with Crippen LogP contribution in [0.5, 0.6) is 11.8 Å². The van der Waals surface area contributed by atoms with E-state index in [4.69, 9.17) is 9.47 Å². The zero-order chi connectivity index (χ0) is 19.4. The summed E-state index contributed by atoms with van der Waals surface area (Å²) in [4.78, 5) is 0. The number of fused-ring (bicyclic) bond motifs is 5. The number of benzene rings is 2. The summed E-state index contributed by atoms with van der Waals surface area (Å²) in [6, 6.07) is 12.4. The number of aromatic amines is 2. The summed E-state index contributed by atoms with van der Waals surface area (Å²) in [5, 5.41) is 21.4. The number of nitrogens with one attached hydrogen (secondary N) is 2. The molecule has 0 aliphatic carbocycles. The predicted octanol–water partition coefficient (Wildman–Crippen LogP) is 3.67. The highest BCUT2D eigenvalue weighted by Gasteiger charge is 2.17. The monoisotopic (exact) mass is 386 g/mol. The Morgan fingerprint density at radius 1 is 0.897 bits per heavy atom. The molecular formula is C21H18N6O2. The maximum atomic E-state index is 6.05. The fourth-order valence-electron chi connectivity index (χ4n) is 3.84. The number of hydrogen-bond donors (Lipinski definition) is 2. The van der Waals surface area contributed by atoms with E-state index in [9.17, 15) is 0 Å². The molecule has 2 aromatic carbocycles. The molecule has 0 unspecified atom stereocenters. The van der Waals surface area contributed by atoms with Crippen LogP contribution in [0, 0.1) is 0 Å². The van der Waals surface area contributed by atoms with E-state index in [1.165, 1.54) is 0 Å². The fraction of sp³-hybridized carbons (Fsp3) is 0.190. The second-order valence-corrected chi connectivity index (χ2v) is 7.16. The molecule has 8 heteroatoms. The lowest BCUT2D eigenvalue weighted by atomic mass is 10.0. The van der Waals surface area contributed by atoms with Crippen LogP contribution in [-0.4, -0.2) is 43.4 Å². The quantitative estimate of drug-likeness (QED) is 0.424. The SMILES string of the molecule is Cn1ncc2c1OCCCOc1n[nH]c3ccc(cc13)-c1n[nH]c3ccc-2cc13. The van der Waals surface area contributed by atoms with Gasteiger partial charge in [-0.2, -0.15) is 10.2 Å². The smallest absolute Gasteiger partial charge is 0.240 e. The number of aryl methyl sites for hydroxylation is 1. The summed E-state index contributed by atoms with van der Waals surface area (Å²) in [6.45, 7) is 1.04. The molecule has 6 rings (SSSR count). The Kier molecular flexibility index (Phi) is 3.40. The van der Waals surface area contributed by atoms with E-state index < -0.39 is 0 Å². The molecule has 0 radical (unpaired) electrons. The molecule has 8 nitrogen and oxygen atoms in total. The molecule has 144 valence electrons. The minimum atomic E-state index is 0.512. The van der Waals surface area contributed by atoms with Gasteiger partial charge in [0.2, 0.25) is 11.8 Å². The van der Waals surface area contributed by atoms with Crippen molar-refractivity contribution in [1.29, 1.82) is 0 Å². The number of nitrogens with zero attached hydrogens (tertiary/aromatic N) is 4. The number of H-pyrrole nitrogens is 2. The van der Waals surface area contributed by atoms with Crippen molar-refractivity contribution in [1.82, 2.24) is 30.2 Å². The molecule has 0 saturated heterocycles. The van der Waals surface area contributed by atoms with E-state index in [1.54, 1.807) is 4.68 Å². The standard InChI is InChI=1S/C21H18N6O2/c1-27-21-16(11-22-27)12-3-5-17-14(9-12)19(25-23-17)13-4-6-18-15(10-13)20(26-24-18)28-7-2-8-29-21/h3-6,9-11H,2,7-8H2,1H3,(H,23,25)(H,24,26). The Balaban J connectivity index is 1.60. The van der Waals surface area contributed by atoms with E-state index >= 15 is 0 Å². The zero-order valence-corrected chi connectivity index (χ0v) is 15.8. The second-order valence-electron chi connectivity index (χ2n) is 7.16. The first-order valence-electron chi connectivity index (χ1n) is 9.52. The summed E-state index contributed by atoms with van der Waals surface area (Å²) in [6.07, 6.45) is 2.58. The molecule has 29 heavy (non-hydrogen) atoms. The minimum Gasteiger partial charge on any atom is -0.477 e. The second kappa shape index (κ2) is 6.10. The maximum absolute atomic E-state index is 6.05. The van der Waals surface area contributed by atoms with Crippen molar-refractivity contribution in [3.05, 3.63) is 42.6 Å². The number of aromatic nitrogens is 6. The molecule has 4 heterocycles. The molecule has 0 atom stereocenters. The van der Waals surface area contributed by atoms with Crippen LogP contribution < -0.4 is 9.47 Å². The van der Waals surface area contributed by atoms with Gasteiger partial charge in [0, 0.05) is 24.4 Å². The van der Waals surface area contributed by atoms with Crippen molar-refractivity contribution < 1.29 is 9.47 Å². The average Bonchev–Trinajstić information content (AvgIpc) is 3.43. The van der Waals surface area contributed by atoms with Gasteiger partial charge in [-0.05, 0) is 29.8 Å². The van der Waals surface area contributed by atoms with Gasteiger partial charge in [0.25, 0.3) is 0 Å². The minimum absolute atomic E-state index is 0.512. The van der Waals surface area contributed by atoms with Gasteiger partial charge in [0.15, 0.2) is 0 Å². The third-order valence-electron chi connectivity index (χ3n) is 5.33. The molecule has 1 aliphatic heterocycles. The van der Waals surface area contributed by atoms with Gasteiger partial charge in [0.05, 0.1) is 47.1 Å². The third-order valence-corrected chi connectivity index (χ3v) is 5.33. The van der Waals surface area contributed by atoms with Gasteiger partial charge in [-0.25, -0.2) is 4.68 Å². The van der Waals surface area contributed by atoms with Gasteiger partial charge >= 0.3 is 0 Å². The van der Waals surface area contributed by atoms with E-state index in [0.717, 1.165) is 56.5 Å². The van der Waals surface area contributed by atoms with Crippen molar-refractivity contribution in [2.24, 2.45) is 7.05 Å². The Bertz CT molecular complexity index is 1360. The van der Waals surface area contributed by atoms with Crippen LogP contribution in [0.3, 0.4) is 0 Å². The first-order valence-corrected chi connectivity index (χ1v) is 9.52. The van der Waals surface area contributed by atoms with Crippen LogP contribution in [0.4, 0.5) is 0 Å². The third kappa shape index (κ3) is 2.49. The first-order chi connectivity index (χ1) is 14.3. The lowest BCUT2D eigenvalue weighted by Gasteiger charge is -2.09. The Morgan fingerprint density at radius 2 is 1.66 bits per heavy atom. The van der Waals surface area contributed by atoms with Crippen molar-refractivity contribution in [3.8, 4) is 34.1 Å². The van der Waals surface area contributed by atoms with Gasteiger partial charge in [0.1, 0.15) is 0 Å². The Morgan fingerprint density at radius 3 is 2.59 bits per heavy atom. The van der Waals surface area contributed by atoms with Crippen molar-refractivity contribution in [2.45, 2.75) is 6.42 Å². The Labute approximate surface area is 165 Å². The van der Waals surface area contributed by atoms with Crippen LogP contribution in [0.2, 0.25) is 0 Å². The average molecular weight is 386 g/mol. The normalized spacial score (nSPS) is 13.8. The van der Waals surface area contributed by atoms with Crippen molar-refractivity contribution >= 4 is 21.8 Å². The molecule has 0 spiro atoms. The van der Waals surface area contributed by atoms with Gasteiger partial charge in [-0.15, -0.1) is 5.10 Å². The molecule has 2 N–H and O–H groups in total. The highest BCUT2D eigenvalue weighted by atomic mass is 16.5. The lowest BCUT2D eigenvalue weighted by Crippen LogP contribution is -2.08. The molecule has 0 fully saturated rings. The van der Waals surface area contributed by atoms with Crippen LogP contribution in [-0.2, 0) is 7.05 Å². The van der Waals surface area contributed by atoms with Crippen LogP contribution >= 0.6 is 0 Å². The summed E-state index contributed by atoms with van der Waals surface area (Å²) in [5.41, 5.74) is 5.80. The van der Waals surface area contributed by atoms with Crippen molar-refractivity contribution in [3.63, 3.8) is 0 Å². The van der Waals surface area contributed by atoms with Crippen LogP contribution in [0.1, 0.15) is 6.42 Å². The van der Waals surface area contributed by atoms with Crippen molar-refractivity contribution in [2.75, 3.05) is 13.2 Å². The first kappa shape index (κ1) is 16.2. The van der Waals surface area contributed by atoms with E-state index in [-0.39, 0.29) is 0 Å². The highest BCUT2D eigenvalue weighted by molar-refractivity contribution is 5.98. The van der Waals surface area contributed by atoms with Gasteiger partial charge < -0.3 is 9.47 Å². The molecular weight excluding hydrogens is 368 g/mol. The summed E-state index contributed by atoms with van der Waals surface area (Å²) >= 11 is 0. The zero-order valence-electron chi connectivity index (χ0n) is 15.8. The number of ether oxygens (including phenoxy) is 2. The highest BCUT2D eigenvalue weighted by Crippen LogP contribution is 2.36. The summed E-state index contributed by atoms with van der Waals surface area (Å²) in [7, 11) is 1.89. The van der Waals surface area contributed by atoms with Crippen LogP contribution in [0.15, 0.2) is 42.6 Å². The molecule has 0 saturated carbocycles. The van der Waals surface area contributed by atoms with Gasteiger partial charge in [-0.3, -0.25) is 10.2 Å².